The zero-order valence-electron chi connectivity index (χ0n) is 46.2. The van der Waals surface area contributed by atoms with Gasteiger partial charge in [-0.1, -0.05) is 93.9 Å². The number of ether oxygens (including phenoxy) is 1. The molecule has 0 aliphatic carbocycles. The van der Waals surface area contributed by atoms with Gasteiger partial charge < -0.3 is 46.2 Å². The van der Waals surface area contributed by atoms with E-state index >= 15 is 0 Å². The van der Waals surface area contributed by atoms with Crippen LogP contribution in [0.1, 0.15) is 143 Å². The van der Waals surface area contributed by atoms with Crippen molar-refractivity contribution in [3.63, 3.8) is 0 Å². The second-order valence-electron chi connectivity index (χ2n) is 21.8. The summed E-state index contributed by atoms with van der Waals surface area (Å²) in [6.45, 7) is 14.0. The van der Waals surface area contributed by atoms with Gasteiger partial charge in [0.1, 0.15) is 24.0 Å². The minimum Gasteiger partial charge on any atom is -0.482 e. The second kappa shape index (κ2) is 27.1. The van der Waals surface area contributed by atoms with Crippen molar-refractivity contribution in [2.75, 3.05) is 30.7 Å². The quantitative estimate of drug-likeness (QED) is 0.0341. The summed E-state index contributed by atoms with van der Waals surface area (Å²) in [6.07, 6.45) is 3.74. The second-order valence-corrected chi connectivity index (χ2v) is 23.4. The maximum absolute atomic E-state index is 14.2. The van der Waals surface area contributed by atoms with Crippen LogP contribution in [0.4, 0.5) is 15.9 Å². The van der Waals surface area contributed by atoms with Gasteiger partial charge in [0.15, 0.2) is 17.3 Å². The Hall–Kier alpha value is -6.74. The van der Waals surface area contributed by atoms with Crippen LogP contribution in [0.3, 0.4) is 0 Å². The molecule has 0 saturated carbocycles. The number of aromatic nitrogens is 3. The van der Waals surface area contributed by atoms with Crippen molar-refractivity contribution < 1.29 is 43.0 Å². The van der Waals surface area contributed by atoms with E-state index in [0.717, 1.165) is 53.4 Å². The molecule has 5 aromatic rings. The van der Waals surface area contributed by atoms with Gasteiger partial charge in [-0.2, -0.15) is 0 Å². The van der Waals surface area contributed by atoms with Crippen molar-refractivity contribution >= 4 is 81.5 Å². The highest BCUT2D eigenvalue weighted by Crippen LogP contribution is 2.36. The van der Waals surface area contributed by atoms with Crippen molar-refractivity contribution in [3.8, 4) is 16.2 Å². The van der Waals surface area contributed by atoms with E-state index in [0.29, 0.717) is 43.6 Å². The van der Waals surface area contributed by atoms with Gasteiger partial charge >= 0.3 is 0 Å². The normalized spacial score (nSPS) is 18.1. The molecular weight excluding hydrogens is 1090 g/mol. The van der Waals surface area contributed by atoms with Crippen molar-refractivity contribution in [2.24, 2.45) is 5.41 Å². The molecule has 0 bridgehead atoms. The molecule has 0 radical (unpaired) electrons. The van der Waals surface area contributed by atoms with Gasteiger partial charge in [-0.15, -0.1) is 21.5 Å². The highest BCUT2D eigenvalue weighted by molar-refractivity contribution is 7.13. The number of piperazine rings is 1. The number of aryl methyl sites for hydroxylation is 1. The number of rotatable bonds is 21. The molecule has 7 rings (SSSR count). The molecule has 2 aliphatic heterocycles. The van der Waals surface area contributed by atoms with E-state index in [2.05, 4.69) is 31.1 Å². The molecule has 3 aromatic carbocycles. The third-order valence-electron chi connectivity index (χ3n) is 14.4. The minimum atomic E-state index is -0.905. The summed E-state index contributed by atoms with van der Waals surface area (Å²) >= 11 is 14.0. The van der Waals surface area contributed by atoms with Gasteiger partial charge in [-0.25, -0.2) is 9.37 Å². The molecule has 0 spiro atoms. The van der Waals surface area contributed by atoms with Crippen LogP contribution in [-0.2, 0) is 25.7 Å². The molecule has 2 saturated heterocycles. The van der Waals surface area contributed by atoms with Crippen LogP contribution in [-0.4, -0.2) is 120 Å². The fraction of sp³-hybridized carbons (Fsp3) is 0.466. The number of β-amino-alcohol motifs (C(OH)–C–C–N with tert-alkyl or cyclic N) is 1. The standard InChI is InChI=1S/C58H71Cl2FN10O8S/c1-33-29-69(56(77)39-20-22-40(23-21-39)65-54(75)44-27-46(53(62)68-67-44)79-36(4)49-42(59)24-25-43(61)50(49)60)30-34(2)71(33)48(74)15-13-11-9-8-10-12-14-47(73)66-52(58(5,6)7)57(78)70-31-41(72)26-45(70)55(76)63-28-37-16-18-38(19-17-37)51-35(3)64-32-80-51/h16-25,27,32-34,36,41,45,52,72H,8-15,26,28-31H2,1-7H3,(H2,62,68)(H,63,76)(H,65,75)(H,66,73)/t33-,34+,36-,41-,45+,52-/m1/s1. The lowest BCUT2D eigenvalue weighted by atomic mass is 9.85. The number of nitrogens with one attached hydrogen (secondary N) is 3. The molecule has 80 heavy (non-hydrogen) atoms. The molecule has 2 aliphatic rings. The van der Waals surface area contributed by atoms with E-state index in [9.17, 15) is 38.3 Å². The number of anilines is 2. The molecule has 6 N–H and O–H groups in total. The topological polar surface area (TPSA) is 242 Å². The smallest absolute Gasteiger partial charge is 0.276 e. The first-order chi connectivity index (χ1) is 38.0. The number of carbonyl (C=O) groups excluding carboxylic acids is 6. The Kier molecular flexibility index (Phi) is 20.7. The fourth-order valence-corrected chi connectivity index (χ4v) is 11.7. The van der Waals surface area contributed by atoms with Gasteiger partial charge in [0, 0.05) is 85.4 Å². The van der Waals surface area contributed by atoms with Crippen LogP contribution in [0.5, 0.6) is 5.75 Å². The average molecular weight is 1160 g/mol. The summed E-state index contributed by atoms with van der Waals surface area (Å²) < 4.78 is 20.1. The van der Waals surface area contributed by atoms with Crippen LogP contribution in [0.15, 0.2) is 72.2 Å². The van der Waals surface area contributed by atoms with Gasteiger partial charge in [0.25, 0.3) is 11.8 Å². The Labute approximate surface area is 480 Å². The Morgan fingerprint density at radius 2 is 1.54 bits per heavy atom. The van der Waals surface area contributed by atoms with Crippen molar-refractivity contribution in [1.82, 2.24) is 40.5 Å². The van der Waals surface area contributed by atoms with Crippen LogP contribution >= 0.6 is 34.5 Å². The molecule has 22 heteroatoms. The lowest BCUT2D eigenvalue weighted by Gasteiger charge is -2.44. The molecule has 4 heterocycles. The Balaban J connectivity index is 0.790. The summed E-state index contributed by atoms with van der Waals surface area (Å²) in [5.41, 5.74) is 10.9. The predicted molar refractivity (Wildman–Crippen MR) is 307 cm³/mol. The van der Waals surface area contributed by atoms with Gasteiger partial charge in [0.05, 0.1) is 27.2 Å². The number of carbonyl (C=O) groups is 6. The molecule has 428 valence electrons. The van der Waals surface area contributed by atoms with Crippen LogP contribution in [0.2, 0.25) is 10.0 Å². The third-order valence-corrected chi connectivity index (χ3v) is 16.1. The molecule has 2 aromatic heterocycles. The van der Waals surface area contributed by atoms with Crippen LogP contribution < -0.4 is 26.4 Å². The Bertz CT molecular complexity index is 3020. The summed E-state index contributed by atoms with van der Waals surface area (Å²) in [5.74, 6) is -2.60. The summed E-state index contributed by atoms with van der Waals surface area (Å²) in [5, 5.41) is 26.9. The molecule has 6 amide bonds. The molecular formula is C58H71Cl2FN10O8S. The number of hydrogen-bond acceptors (Lipinski definition) is 13. The molecule has 2 fully saturated rings. The van der Waals surface area contributed by atoms with Crippen LogP contribution in [0.25, 0.3) is 10.4 Å². The average Bonchev–Trinajstić information content (AvgIpc) is 4.07. The van der Waals surface area contributed by atoms with E-state index in [1.54, 1.807) is 47.4 Å². The van der Waals surface area contributed by atoms with Gasteiger partial charge in [-0.3, -0.25) is 28.8 Å². The number of nitrogens with two attached hydrogens (primary N) is 1. The number of aliphatic hydroxyl groups excluding tert-OH is 1. The Morgan fingerprint density at radius 1 is 0.887 bits per heavy atom. The highest BCUT2D eigenvalue weighted by Gasteiger charge is 2.44. The van der Waals surface area contributed by atoms with E-state index in [-0.39, 0.29) is 94.5 Å². The SMILES string of the molecule is Cc1ncsc1-c1ccc(CNC(=O)[C@@H]2C[C@@H](O)CN2C(=O)[C@@H](NC(=O)CCCCCCCCC(=O)N2[C@H](C)CN(C(=O)c3ccc(NC(=O)c4cc(O[C@H](C)c5c(Cl)ccc(F)c5Cl)c(N)nn4)cc3)C[C@@H]2C)C(C)(C)C)cc1. The van der Waals surface area contributed by atoms with Gasteiger partial charge in [0.2, 0.25) is 23.6 Å². The fourth-order valence-electron chi connectivity index (χ4n) is 10.2. The zero-order valence-corrected chi connectivity index (χ0v) is 48.5. The highest BCUT2D eigenvalue weighted by atomic mass is 35.5. The van der Waals surface area contributed by atoms with E-state index in [1.165, 1.54) is 17.0 Å². The number of halogens is 3. The Morgan fingerprint density at radius 3 is 2.17 bits per heavy atom. The third kappa shape index (κ3) is 15.4. The largest absolute Gasteiger partial charge is 0.482 e. The van der Waals surface area contributed by atoms with E-state index < -0.39 is 47.3 Å². The summed E-state index contributed by atoms with van der Waals surface area (Å²) in [7, 11) is 0. The number of amides is 6. The first-order valence-corrected chi connectivity index (χ1v) is 28.6. The number of nitrogen functional groups attached to an aromatic ring is 1. The summed E-state index contributed by atoms with van der Waals surface area (Å²) in [6, 6.07) is 15.9. The number of hydrogen-bond donors (Lipinski definition) is 5. The van der Waals surface area contributed by atoms with E-state index in [1.807, 2.05) is 76.2 Å². The zero-order chi connectivity index (χ0) is 58.0. The number of benzene rings is 3. The summed E-state index contributed by atoms with van der Waals surface area (Å²) in [4.78, 5) is 91.7. The molecule has 0 unspecified atom stereocenters. The van der Waals surface area contributed by atoms with Crippen molar-refractivity contribution in [1.29, 1.82) is 0 Å². The first kappa shape index (κ1) is 60.9. The van der Waals surface area contributed by atoms with Crippen molar-refractivity contribution in [2.45, 2.75) is 149 Å². The van der Waals surface area contributed by atoms with Crippen molar-refractivity contribution in [3.05, 3.63) is 116 Å². The molecule has 6 atom stereocenters. The number of aliphatic hydroxyl groups is 1. The lowest BCUT2D eigenvalue weighted by Crippen LogP contribution is -2.59. The lowest BCUT2D eigenvalue weighted by molar-refractivity contribution is -0.144. The first-order valence-electron chi connectivity index (χ1n) is 27.0. The number of unbranched alkanes of at least 4 members (excludes halogenated alkanes) is 5. The van der Waals surface area contributed by atoms with Crippen LogP contribution in [0, 0.1) is 18.2 Å². The van der Waals surface area contributed by atoms with Gasteiger partial charge in [-0.05, 0) is 93.5 Å². The monoisotopic (exact) mass is 1160 g/mol. The number of likely N-dealkylation sites (tertiary alicyclic amines) is 1. The number of nitrogens with zero attached hydrogens (tertiary/aromatic N) is 6. The van der Waals surface area contributed by atoms with E-state index in [4.69, 9.17) is 33.7 Å². The minimum absolute atomic E-state index is 0.00407. The predicted octanol–water partition coefficient (Wildman–Crippen LogP) is 9.32. The maximum Gasteiger partial charge on any atom is 0.276 e. The number of thiazole rings is 1. The molecule has 18 nitrogen and oxygen atoms in total. The maximum atomic E-state index is 14.2.